The van der Waals surface area contributed by atoms with E-state index in [1.165, 1.54) is 23.1 Å². The van der Waals surface area contributed by atoms with E-state index >= 15 is 0 Å². The molecule has 0 amide bonds. The fourth-order valence-electron chi connectivity index (χ4n) is 2.35. The molecule has 1 aromatic rings. The van der Waals surface area contributed by atoms with Crippen molar-refractivity contribution in [2.75, 3.05) is 0 Å². The van der Waals surface area contributed by atoms with Crippen molar-refractivity contribution in [2.45, 2.75) is 27.2 Å². The van der Waals surface area contributed by atoms with Gasteiger partial charge in [0.2, 0.25) is 0 Å². The fraction of sp³-hybridized carbons (Fsp3) is 0.333. The minimum absolute atomic E-state index is 0.296. The third-order valence-corrected chi connectivity index (χ3v) is 2.79. The second kappa shape index (κ2) is 3.69. The van der Waals surface area contributed by atoms with Crippen LogP contribution in [-0.4, -0.2) is 0 Å². The summed E-state index contributed by atoms with van der Waals surface area (Å²) in [5, 5.41) is 0. The fourth-order valence-corrected chi connectivity index (χ4v) is 2.35. The molecule has 0 saturated heterocycles. The van der Waals surface area contributed by atoms with Gasteiger partial charge in [-0.2, -0.15) is 0 Å². The van der Waals surface area contributed by atoms with E-state index in [-0.39, 0.29) is 0 Å². The van der Waals surface area contributed by atoms with Crippen LogP contribution < -0.4 is 0 Å². The molecule has 0 spiro atoms. The summed E-state index contributed by atoms with van der Waals surface area (Å²) in [5.74, 6) is 0. The summed E-state index contributed by atoms with van der Waals surface area (Å²) in [6, 6.07) is 10.6. The van der Waals surface area contributed by atoms with Gasteiger partial charge in [0, 0.05) is 0 Å². The van der Waals surface area contributed by atoms with Crippen molar-refractivity contribution in [3.63, 3.8) is 0 Å². The maximum Gasteiger partial charge on any atom is -0.0129 e. The summed E-state index contributed by atoms with van der Waals surface area (Å²) >= 11 is 0. The van der Waals surface area contributed by atoms with Gasteiger partial charge in [-0.05, 0) is 29.9 Å². The molecule has 1 aliphatic rings. The lowest BCUT2D eigenvalue weighted by Gasteiger charge is -2.26. The molecule has 15 heavy (non-hydrogen) atoms. The number of hydrogen-bond acceptors (Lipinski definition) is 0. The van der Waals surface area contributed by atoms with Crippen LogP contribution in [-0.2, 0) is 0 Å². The first-order valence-electron chi connectivity index (χ1n) is 5.52. The van der Waals surface area contributed by atoms with Crippen LogP contribution in [0.15, 0.2) is 48.1 Å². The predicted molar refractivity (Wildman–Crippen MR) is 66.6 cm³/mol. The zero-order chi connectivity index (χ0) is 10.9. The second-order valence-electron chi connectivity index (χ2n) is 5.12. The van der Waals surface area contributed by atoms with Crippen LogP contribution in [0.3, 0.4) is 0 Å². The maximum absolute atomic E-state index is 2.38. The molecule has 0 saturated carbocycles. The molecule has 0 unspecified atom stereocenters. The molecule has 0 aromatic heterocycles. The Balaban J connectivity index is 2.42. The van der Waals surface area contributed by atoms with Gasteiger partial charge in [-0.15, -0.1) is 0 Å². The molecule has 0 heteroatoms. The lowest BCUT2D eigenvalue weighted by Crippen LogP contribution is -2.12. The van der Waals surface area contributed by atoms with Crippen LogP contribution in [0.4, 0.5) is 0 Å². The molecule has 0 N–H and O–H groups in total. The van der Waals surface area contributed by atoms with Crippen LogP contribution >= 0.6 is 0 Å². The van der Waals surface area contributed by atoms with Gasteiger partial charge < -0.3 is 0 Å². The summed E-state index contributed by atoms with van der Waals surface area (Å²) in [6.45, 7) is 6.82. The normalized spacial score (nSPS) is 19.4. The average Bonchev–Trinajstić information content (AvgIpc) is 2.16. The van der Waals surface area contributed by atoms with E-state index in [9.17, 15) is 0 Å². The van der Waals surface area contributed by atoms with Crippen molar-refractivity contribution in [3.8, 4) is 0 Å². The Morgan fingerprint density at radius 2 is 1.73 bits per heavy atom. The molecule has 0 aliphatic heterocycles. The molecule has 0 atom stereocenters. The zero-order valence-corrected chi connectivity index (χ0v) is 9.75. The Morgan fingerprint density at radius 1 is 1.07 bits per heavy atom. The lowest BCUT2D eigenvalue weighted by molar-refractivity contribution is 0.472. The highest BCUT2D eigenvalue weighted by atomic mass is 14.2. The standard InChI is InChI=1S/C15H18/c1-12-9-14(11-15(2,3)10-12)13-7-5-4-6-8-13/h4-9,11H,10H2,1-3H3. The average molecular weight is 198 g/mol. The maximum atomic E-state index is 2.38. The monoisotopic (exact) mass is 198 g/mol. The van der Waals surface area contributed by atoms with Crippen molar-refractivity contribution >= 4 is 5.57 Å². The van der Waals surface area contributed by atoms with Crippen LogP contribution in [0.2, 0.25) is 0 Å². The van der Waals surface area contributed by atoms with Crippen LogP contribution in [0, 0.1) is 5.41 Å². The Labute approximate surface area is 92.3 Å². The van der Waals surface area contributed by atoms with Gasteiger partial charge in [-0.25, -0.2) is 0 Å². The van der Waals surface area contributed by atoms with Gasteiger partial charge in [0.1, 0.15) is 0 Å². The quantitative estimate of drug-likeness (QED) is 0.625. The molecule has 0 fully saturated rings. The molecule has 0 radical (unpaired) electrons. The van der Waals surface area contributed by atoms with E-state index in [2.05, 4.69) is 63.3 Å². The summed E-state index contributed by atoms with van der Waals surface area (Å²) < 4.78 is 0. The van der Waals surface area contributed by atoms with Gasteiger partial charge in [0.05, 0.1) is 0 Å². The summed E-state index contributed by atoms with van der Waals surface area (Å²) in [4.78, 5) is 0. The van der Waals surface area contributed by atoms with Crippen LogP contribution in [0.5, 0.6) is 0 Å². The minimum atomic E-state index is 0.296. The van der Waals surface area contributed by atoms with Gasteiger partial charge >= 0.3 is 0 Å². The first-order chi connectivity index (χ1) is 7.07. The molecule has 0 heterocycles. The predicted octanol–water partition coefficient (Wildman–Crippen LogP) is 4.45. The third kappa shape index (κ3) is 2.38. The minimum Gasteiger partial charge on any atom is -0.0719 e. The molecule has 1 aliphatic carbocycles. The third-order valence-electron chi connectivity index (χ3n) is 2.79. The van der Waals surface area contributed by atoms with Crippen LogP contribution in [0.25, 0.3) is 5.57 Å². The van der Waals surface area contributed by atoms with Gasteiger partial charge in [0.25, 0.3) is 0 Å². The van der Waals surface area contributed by atoms with E-state index in [0.717, 1.165) is 0 Å². The number of benzene rings is 1. The van der Waals surface area contributed by atoms with E-state index in [1.54, 1.807) is 0 Å². The largest absolute Gasteiger partial charge is 0.0719 e. The first-order valence-corrected chi connectivity index (χ1v) is 5.52. The van der Waals surface area contributed by atoms with Crippen molar-refractivity contribution in [1.82, 2.24) is 0 Å². The molecular formula is C15H18. The van der Waals surface area contributed by atoms with Crippen molar-refractivity contribution in [2.24, 2.45) is 5.41 Å². The first kappa shape index (κ1) is 10.2. The molecule has 1 aromatic carbocycles. The van der Waals surface area contributed by atoms with Gasteiger partial charge in [-0.1, -0.05) is 61.9 Å². The molecule has 0 nitrogen and oxygen atoms in total. The molecule has 0 bridgehead atoms. The summed E-state index contributed by atoms with van der Waals surface area (Å²) in [6.07, 6.45) is 5.86. The molecule has 78 valence electrons. The van der Waals surface area contributed by atoms with Gasteiger partial charge in [0.15, 0.2) is 0 Å². The smallest absolute Gasteiger partial charge is 0.0129 e. The summed E-state index contributed by atoms with van der Waals surface area (Å²) in [7, 11) is 0. The Morgan fingerprint density at radius 3 is 2.33 bits per heavy atom. The summed E-state index contributed by atoms with van der Waals surface area (Å²) in [5.41, 5.74) is 4.46. The lowest BCUT2D eigenvalue weighted by atomic mass is 9.78. The van der Waals surface area contributed by atoms with Gasteiger partial charge in [-0.3, -0.25) is 0 Å². The van der Waals surface area contributed by atoms with Crippen molar-refractivity contribution in [1.29, 1.82) is 0 Å². The highest BCUT2D eigenvalue weighted by Crippen LogP contribution is 2.36. The highest BCUT2D eigenvalue weighted by Gasteiger charge is 2.20. The van der Waals surface area contributed by atoms with E-state index in [1.807, 2.05) is 0 Å². The van der Waals surface area contributed by atoms with E-state index in [0.29, 0.717) is 5.41 Å². The van der Waals surface area contributed by atoms with Crippen molar-refractivity contribution < 1.29 is 0 Å². The SMILES string of the molecule is CC1=CC(c2ccccc2)=CC(C)(C)C1. The highest BCUT2D eigenvalue weighted by molar-refractivity contribution is 5.76. The van der Waals surface area contributed by atoms with E-state index in [4.69, 9.17) is 0 Å². The Bertz CT molecular complexity index is 405. The topological polar surface area (TPSA) is 0 Å². The number of allylic oxidation sites excluding steroid dienone is 4. The van der Waals surface area contributed by atoms with E-state index < -0.39 is 0 Å². The van der Waals surface area contributed by atoms with Crippen molar-refractivity contribution in [3.05, 3.63) is 53.6 Å². The number of hydrogen-bond donors (Lipinski definition) is 0. The second-order valence-corrected chi connectivity index (χ2v) is 5.12. The Kier molecular flexibility index (Phi) is 2.52. The Hall–Kier alpha value is -1.30. The van der Waals surface area contributed by atoms with Crippen LogP contribution in [0.1, 0.15) is 32.8 Å². The zero-order valence-electron chi connectivity index (χ0n) is 9.75. The molecular weight excluding hydrogens is 180 g/mol. The molecule has 2 rings (SSSR count). The number of rotatable bonds is 1.